The van der Waals surface area contributed by atoms with E-state index < -0.39 is 10.2 Å². The molecule has 0 atom stereocenters. The van der Waals surface area contributed by atoms with E-state index in [0.717, 1.165) is 4.31 Å². The third-order valence-corrected chi connectivity index (χ3v) is 4.33. The zero-order chi connectivity index (χ0) is 14.6. The molecule has 0 bridgehead atoms. The summed E-state index contributed by atoms with van der Waals surface area (Å²) in [6.45, 7) is 1.13. The van der Waals surface area contributed by atoms with Gasteiger partial charge < -0.3 is 14.6 Å². The molecule has 0 spiro atoms. The van der Waals surface area contributed by atoms with E-state index in [2.05, 4.69) is 4.72 Å². The Labute approximate surface area is 118 Å². The minimum Gasteiger partial charge on any atom is -0.486 e. The van der Waals surface area contributed by atoms with Crippen LogP contribution in [-0.2, 0) is 10.2 Å². The number of nitrogens with zero attached hydrogens (tertiary/aromatic N) is 1. The maximum absolute atomic E-state index is 12.0. The Morgan fingerprint density at radius 3 is 2.70 bits per heavy atom. The van der Waals surface area contributed by atoms with E-state index in [1.807, 2.05) is 0 Å². The van der Waals surface area contributed by atoms with Crippen LogP contribution < -0.4 is 14.2 Å². The first kappa shape index (κ1) is 14.9. The van der Waals surface area contributed by atoms with Crippen molar-refractivity contribution in [2.24, 2.45) is 0 Å². The Bertz CT molecular complexity index is 561. The zero-order valence-corrected chi connectivity index (χ0v) is 12.0. The molecule has 20 heavy (non-hydrogen) atoms. The van der Waals surface area contributed by atoms with Crippen LogP contribution in [0.2, 0.25) is 0 Å². The molecule has 0 radical (unpaired) electrons. The Kier molecular flexibility index (Phi) is 4.69. The molecule has 1 aromatic rings. The quantitative estimate of drug-likeness (QED) is 0.795. The van der Waals surface area contributed by atoms with Crippen molar-refractivity contribution in [3.8, 4) is 11.5 Å². The lowest BCUT2D eigenvalue weighted by Gasteiger charge is -2.21. The summed E-state index contributed by atoms with van der Waals surface area (Å²) in [6.07, 6.45) is 0.387. The lowest BCUT2D eigenvalue weighted by atomic mass is 10.3. The van der Waals surface area contributed by atoms with Gasteiger partial charge >= 0.3 is 10.2 Å². The van der Waals surface area contributed by atoms with Crippen LogP contribution in [0.3, 0.4) is 0 Å². The number of hydrogen-bond acceptors (Lipinski definition) is 5. The fourth-order valence-electron chi connectivity index (χ4n) is 1.75. The average molecular weight is 302 g/mol. The summed E-state index contributed by atoms with van der Waals surface area (Å²) in [5.41, 5.74) is 0.407. The second kappa shape index (κ2) is 6.29. The van der Waals surface area contributed by atoms with Crippen molar-refractivity contribution < 1.29 is 23.0 Å². The molecular formula is C12H18N2O5S. The lowest BCUT2D eigenvalue weighted by Crippen LogP contribution is -2.33. The van der Waals surface area contributed by atoms with Crippen molar-refractivity contribution in [2.45, 2.75) is 6.42 Å². The van der Waals surface area contributed by atoms with E-state index in [0.29, 0.717) is 36.8 Å². The van der Waals surface area contributed by atoms with Gasteiger partial charge in [-0.15, -0.1) is 0 Å². The Morgan fingerprint density at radius 2 is 2.00 bits per heavy atom. The summed E-state index contributed by atoms with van der Waals surface area (Å²) in [7, 11) is -2.18. The largest absolute Gasteiger partial charge is 0.486 e. The zero-order valence-electron chi connectivity index (χ0n) is 11.2. The Hall–Kier alpha value is -1.51. The average Bonchev–Trinajstić information content (AvgIpc) is 2.44. The van der Waals surface area contributed by atoms with Crippen LogP contribution in [-0.4, -0.2) is 51.2 Å². The Morgan fingerprint density at radius 1 is 1.30 bits per heavy atom. The molecule has 8 heteroatoms. The molecule has 1 heterocycles. The van der Waals surface area contributed by atoms with Gasteiger partial charge in [0.15, 0.2) is 11.5 Å². The molecule has 0 fully saturated rings. The summed E-state index contributed by atoms with van der Waals surface area (Å²) in [4.78, 5) is 0. The van der Waals surface area contributed by atoms with Crippen LogP contribution in [0.1, 0.15) is 6.42 Å². The third-order valence-electron chi connectivity index (χ3n) is 2.83. The predicted molar refractivity (Wildman–Crippen MR) is 74.3 cm³/mol. The first-order chi connectivity index (χ1) is 9.53. The fourth-order valence-corrected chi connectivity index (χ4v) is 2.70. The van der Waals surface area contributed by atoms with Crippen LogP contribution in [0, 0.1) is 0 Å². The van der Waals surface area contributed by atoms with Crippen molar-refractivity contribution in [1.29, 1.82) is 0 Å². The molecule has 7 nitrogen and oxygen atoms in total. The smallest absolute Gasteiger partial charge is 0.301 e. The standard InChI is InChI=1S/C12H18N2O5S/c1-14(5-2-6-15)20(16,17)13-10-3-4-11-12(9-10)19-8-7-18-11/h3-4,9,13,15H,2,5-8H2,1H3. The van der Waals surface area contributed by atoms with E-state index in [1.165, 1.54) is 7.05 Å². The van der Waals surface area contributed by atoms with Crippen LogP contribution in [0.25, 0.3) is 0 Å². The minimum atomic E-state index is -3.64. The third kappa shape index (κ3) is 3.53. The van der Waals surface area contributed by atoms with Gasteiger partial charge in [-0.3, -0.25) is 4.72 Å². The van der Waals surface area contributed by atoms with E-state index >= 15 is 0 Å². The first-order valence-corrected chi connectivity index (χ1v) is 7.71. The van der Waals surface area contributed by atoms with E-state index in [-0.39, 0.29) is 13.2 Å². The molecule has 2 N–H and O–H groups in total. The van der Waals surface area contributed by atoms with Crippen LogP contribution in [0.5, 0.6) is 11.5 Å². The van der Waals surface area contributed by atoms with Crippen LogP contribution in [0.15, 0.2) is 18.2 Å². The van der Waals surface area contributed by atoms with E-state index in [4.69, 9.17) is 14.6 Å². The van der Waals surface area contributed by atoms with Gasteiger partial charge in [-0.25, -0.2) is 0 Å². The number of hydrogen-bond donors (Lipinski definition) is 2. The van der Waals surface area contributed by atoms with Gasteiger partial charge in [0.05, 0.1) is 5.69 Å². The van der Waals surface area contributed by atoms with Crippen molar-refractivity contribution in [2.75, 3.05) is 38.1 Å². The molecule has 1 aliphatic rings. The number of aliphatic hydroxyl groups is 1. The van der Waals surface area contributed by atoms with Gasteiger partial charge in [0.25, 0.3) is 0 Å². The van der Waals surface area contributed by atoms with Crippen LogP contribution in [0.4, 0.5) is 5.69 Å². The topological polar surface area (TPSA) is 88.1 Å². The summed E-state index contributed by atoms with van der Waals surface area (Å²) in [5, 5.41) is 8.73. The molecule has 0 aliphatic carbocycles. The normalized spacial score (nSPS) is 14.3. The maximum atomic E-state index is 12.0. The number of benzene rings is 1. The summed E-state index contributed by atoms with van der Waals surface area (Å²) >= 11 is 0. The lowest BCUT2D eigenvalue weighted by molar-refractivity contribution is 0.171. The number of rotatable bonds is 6. The van der Waals surface area contributed by atoms with E-state index in [1.54, 1.807) is 18.2 Å². The van der Waals surface area contributed by atoms with Crippen LogP contribution >= 0.6 is 0 Å². The minimum absolute atomic E-state index is 0.0517. The van der Waals surface area contributed by atoms with Crippen molar-refractivity contribution >= 4 is 15.9 Å². The highest BCUT2D eigenvalue weighted by molar-refractivity contribution is 7.90. The highest BCUT2D eigenvalue weighted by atomic mass is 32.2. The van der Waals surface area contributed by atoms with Gasteiger partial charge in [-0.1, -0.05) is 0 Å². The molecule has 0 aromatic heterocycles. The van der Waals surface area contributed by atoms with Gasteiger partial charge in [0.2, 0.25) is 0 Å². The van der Waals surface area contributed by atoms with E-state index in [9.17, 15) is 8.42 Å². The number of nitrogens with one attached hydrogen (secondary N) is 1. The summed E-state index contributed by atoms with van der Waals surface area (Å²) in [5.74, 6) is 1.13. The maximum Gasteiger partial charge on any atom is 0.301 e. The predicted octanol–water partition coefficient (Wildman–Crippen LogP) is 0.429. The fraction of sp³-hybridized carbons (Fsp3) is 0.500. The van der Waals surface area contributed by atoms with Crippen molar-refractivity contribution in [3.05, 3.63) is 18.2 Å². The second-order valence-corrected chi connectivity index (χ2v) is 6.14. The van der Waals surface area contributed by atoms with Crippen molar-refractivity contribution in [1.82, 2.24) is 4.31 Å². The molecule has 112 valence electrons. The molecule has 0 amide bonds. The number of aliphatic hydroxyl groups excluding tert-OH is 1. The number of fused-ring (bicyclic) bond motifs is 1. The SMILES string of the molecule is CN(CCCO)S(=O)(=O)Nc1ccc2c(c1)OCCO2. The monoisotopic (exact) mass is 302 g/mol. The van der Waals surface area contributed by atoms with Gasteiger partial charge in [-0.05, 0) is 18.6 Å². The van der Waals surface area contributed by atoms with Gasteiger partial charge in [0, 0.05) is 26.3 Å². The highest BCUT2D eigenvalue weighted by Gasteiger charge is 2.19. The molecule has 1 aromatic carbocycles. The highest BCUT2D eigenvalue weighted by Crippen LogP contribution is 2.32. The molecule has 0 saturated carbocycles. The number of anilines is 1. The molecular weight excluding hydrogens is 284 g/mol. The summed E-state index contributed by atoms with van der Waals surface area (Å²) < 4.78 is 38.4. The molecule has 0 saturated heterocycles. The van der Waals surface area contributed by atoms with Gasteiger partial charge in [0.1, 0.15) is 13.2 Å². The first-order valence-electron chi connectivity index (χ1n) is 6.27. The van der Waals surface area contributed by atoms with Gasteiger partial charge in [-0.2, -0.15) is 12.7 Å². The summed E-state index contributed by atoms with van der Waals surface area (Å²) in [6, 6.07) is 4.87. The molecule has 0 unspecified atom stereocenters. The Balaban J connectivity index is 2.09. The number of ether oxygens (including phenoxy) is 2. The second-order valence-electron chi connectivity index (χ2n) is 4.36. The molecule has 1 aliphatic heterocycles. The van der Waals surface area contributed by atoms with Crippen molar-refractivity contribution in [3.63, 3.8) is 0 Å². The molecule has 2 rings (SSSR count).